The largest absolute Gasteiger partial charge is 0.447 e. The minimum Gasteiger partial charge on any atom is -0.447 e. The Balaban J connectivity index is 2.33. The first-order valence-electron chi connectivity index (χ1n) is 4.31. The zero-order chi connectivity index (χ0) is 10.4. The first kappa shape index (κ1) is 11.0. The van der Waals surface area contributed by atoms with E-state index in [-0.39, 0.29) is 19.3 Å². The van der Waals surface area contributed by atoms with E-state index in [1.54, 1.807) is 11.3 Å². The number of aliphatic hydroxyl groups excluding tert-OH is 1. The second-order valence-electron chi connectivity index (χ2n) is 2.74. The van der Waals surface area contributed by atoms with Crippen molar-refractivity contribution in [1.29, 1.82) is 0 Å². The van der Waals surface area contributed by atoms with Crippen molar-refractivity contribution in [3.63, 3.8) is 0 Å². The van der Waals surface area contributed by atoms with Crippen LogP contribution in [-0.4, -0.2) is 24.4 Å². The molecule has 0 spiro atoms. The van der Waals surface area contributed by atoms with Gasteiger partial charge in [0.25, 0.3) is 0 Å². The van der Waals surface area contributed by atoms with Gasteiger partial charge in [-0.05, 0) is 18.4 Å². The van der Waals surface area contributed by atoms with Crippen LogP contribution in [0, 0.1) is 0 Å². The number of hydrogen-bond acceptors (Lipinski definition) is 4. The maximum absolute atomic E-state index is 11.1. The van der Waals surface area contributed by atoms with E-state index in [9.17, 15) is 4.79 Å². The molecule has 1 unspecified atom stereocenters. The molecule has 0 bridgehead atoms. The monoisotopic (exact) mass is 215 g/mol. The van der Waals surface area contributed by atoms with Crippen LogP contribution in [0.5, 0.6) is 0 Å². The van der Waals surface area contributed by atoms with E-state index in [2.05, 4.69) is 10.1 Å². The lowest BCUT2D eigenvalue weighted by molar-refractivity contribution is 0.117. The normalized spacial score (nSPS) is 12.1. The molecule has 4 nitrogen and oxygen atoms in total. The number of hydrogen-bond donors (Lipinski definition) is 2. The van der Waals surface area contributed by atoms with Crippen LogP contribution in [0.1, 0.15) is 17.8 Å². The van der Waals surface area contributed by atoms with Crippen molar-refractivity contribution in [2.75, 3.05) is 13.2 Å². The van der Waals surface area contributed by atoms with Crippen LogP contribution in [0.15, 0.2) is 17.5 Å². The molecular formula is C9H13NO3S. The van der Waals surface area contributed by atoms with Crippen molar-refractivity contribution in [2.24, 2.45) is 0 Å². The summed E-state index contributed by atoms with van der Waals surface area (Å²) in [6, 6.07) is 3.82. The summed E-state index contributed by atoms with van der Waals surface area (Å²) in [5.74, 6) is 0. The van der Waals surface area contributed by atoms with Crippen LogP contribution in [0.3, 0.4) is 0 Å². The fourth-order valence-corrected chi connectivity index (χ4v) is 1.70. The first-order chi connectivity index (χ1) is 6.74. The summed E-state index contributed by atoms with van der Waals surface area (Å²) >= 11 is 1.58. The van der Waals surface area contributed by atoms with Gasteiger partial charge in [0.15, 0.2) is 0 Å². The van der Waals surface area contributed by atoms with Crippen molar-refractivity contribution >= 4 is 17.4 Å². The smallest absolute Gasteiger partial charge is 0.407 e. The third kappa shape index (κ3) is 3.35. The standard InChI is InChI=1S/C9H13NO3S/c1-7(8-3-2-6-14-8)10-9(12)13-5-4-11/h2-3,6-7,11H,4-5H2,1H3,(H,10,12). The Morgan fingerprint density at radius 1 is 1.79 bits per heavy atom. The highest BCUT2D eigenvalue weighted by atomic mass is 32.1. The van der Waals surface area contributed by atoms with Crippen molar-refractivity contribution in [3.05, 3.63) is 22.4 Å². The van der Waals surface area contributed by atoms with Gasteiger partial charge in [0, 0.05) is 4.88 Å². The lowest BCUT2D eigenvalue weighted by Crippen LogP contribution is -2.27. The Bertz CT molecular complexity index is 274. The van der Waals surface area contributed by atoms with Gasteiger partial charge in [-0.2, -0.15) is 0 Å². The van der Waals surface area contributed by atoms with Gasteiger partial charge in [0.05, 0.1) is 12.6 Å². The summed E-state index contributed by atoms with van der Waals surface area (Å²) in [6.07, 6.45) is -0.500. The molecule has 2 N–H and O–H groups in total. The van der Waals surface area contributed by atoms with Gasteiger partial charge in [-0.3, -0.25) is 0 Å². The van der Waals surface area contributed by atoms with Crippen LogP contribution in [-0.2, 0) is 4.74 Å². The molecule has 1 aromatic heterocycles. The quantitative estimate of drug-likeness (QED) is 0.800. The topological polar surface area (TPSA) is 58.6 Å². The average Bonchev–Trinajstić information content (AvgIpc) is 2.67. The molecule has 0 aromatic carbocycles. The molecule has 78 valence electrons. The van der Waals surface area contributed by atoms with Gasteiger partial charge in [-0.15, -0.1) is 11.3 Å². The van der Waals surface area contributed by atoms with E-state index >= 15 is 0 Å². The molecule has 1 atom stereocenters. The Kier molecular flexibility index (Phi) is 4.42. The van der Waals surface area contributed by atoms with Crippen molar-refractivity contribution in [3.8, 4) is 0 Å². The van der Waals surface area contributed by atoms with Gasteiger partial charge in [-0.25, -0.2) is 4.79 Å². The predicted molar refractivity (Wildman–Crippen MR) is 54.3 cm³/mol. The molecule has 14 heavy (non-hydrogen) atoms. The molecular weight excluding hydrogens is 202 g/mol. The number of ether oxygens (including phenoxy) is 1. The molecule has 0 saturated heterocycles. The van der Waals surface area contributed by atoms with Crippen LogP contribution in [0.25, 0.3) is 0 Å². The number of aliphatic hydroxyl groups is 1. The molecule has 5 heteroatoms. The van der Waals surface area contributed by atoms with Gasteiger partial charge in [0.2, 0.25) is 0 Å². The molecule has 0 aliphatic heterocycles. The molecule has 0 aliphatic rings. The minimum atomic E-state index is -0.500. The van der Waals surface area contributed by atoms with E-state index in [0.29, 0.717) is 0 Å². The lowest BCUT2D eigenvalue weighted by Gasteiger charge is -2.11. The maximum atomic E-state index is 11.1. The van der Waals surface area contributed by atoms with Gasteiger partial charge in [0.1, 0.15) is 6.61 Å². The molecule has 0 aliphatic carbocycles. The fourth-order valence-electron chi connectivity index (χ4n) is 0.966. The van der Waals surface area contributed by atoms with E-state index < -0.39 is 6.09 Å². The summed E-state index contributed by atoms with van der Waals surface area (Å²) < 4.78 is 4.66. The van der Waals surface area contributed by atoms with E-state index in [1.807, 2.05) is 24.4 Å². The number of nitrogens with one attached hydrogen (secondary N) is 1. The van der Waals surface area contributed by atoms with Crippen LogP contribution < -0.4 is 5.32 Å². The predicted octanol–water partition coefficient (Wildman–Crippen LogP) is 1.53. The molecule has 0 saturated carbocycles. The summed E-state index contributed by atoms with van der Waals surface area (Å²) in [4.78, 5) is 12.1. The zero-order valence-electron chi connectivity index (χ0n) is 7.90. The van der Waals surface area contributed by atoms with Gasteiger partial charge < -0.3 is 15.2 Å². The molecule has 1 rings (SSSR count). The number of thiophene rings is 1. The maximum Gasteiger partial charge on any atom is 0.407 e. The van der Waals surface area contributed by atoms with E-state index in [1.165, 1.54) is 0 Å². The number of carbonyl (C=O) groups is 1. The van der Waals surface area contributed by atoms with Gasteiger partial charge in [-0.1, -0.05) is 6.07 Å². The van der Waals surface area contributed by atoms with Crippen molar-refractivity contribution in [1.82, 2.24) is 5.32 Å². The summed E-state index contributed by atoms with van der Waals surface area (Å²) in [6.45, 7) is 1.76. The highest BCUT2D eigenvalue weighted by molar-refractivity contribution is 7.10. The number of alkyl carbamates (subject to hydrolysis) is 1. The Morgan fingerprint density at radius 3 is 3.14 bits per heavy atom. The van der Waals surface area contributed by atoms with Crippen molar-refractivity contribution in [2.45, 2.75) is 13.0 Å². The second kappa shape index (κ2) is 5.62. The average molecular weight is 215 g/mol. The Hall–Kier alpha value is -1.07. The lowest BCUT2D eigenvalue weighted by atomic mass is 10.3. The number of carbonyl (C=O) groups excluding carboxylic acids is 1. The van der Waals surface area contributed by atoms with Crippen LogP contribution in [0.2, 0.25) is 0 Å². The molecule has 1 aromatic rings. The van der Waals surface area contributed by atoms with Crippen LogP contribution in [0.4, 0.5) is 4.79 Å². The first-order valence-corrected chi connectivity index (χ1v) is 5.19. The van der Waals surface area contributed by atoms with E-state index in [4.69, 9.17) is 5.11 Å². The molecule has 0 fully saturated rings. The Labute approximate surface area is 86.5 Å². The third-order valence-electron chi connectivity index (χ3n) is 1.63. The SMILES string of the molecule is CC(NC(=O)OCCO)c1cccs1. The second-order valence-corrected chi connectivity index (χ2v) is 3.72. The molecule has 1 amide bonds. The summed E-state index contributed by atoms with van der Waals surface area (Å²) in [5.41, 5.74) is 0. The number of rotatable bonds is 4. The molecule has 0 radical (unpaired) electrons. The Morgan fingerprint density at radius 2 is 2.57 bits per heavy atom. The van der Waals surface area contributed by atoms with Crippen molar-refractivity contribution < 1.29 is 14.6 Å². The zero-order valence-corrected chi connectivity index (χ0v) is 8.71. The minimum absolute atomic E-state index is 0.0307. The van der Waals surface area contributed by atoms with Crippen LogP contribution >= 0.6 is 11.3 Å². The highest BCUT2D eigenvalue weighted by Crippen LogP contribution is 2.17. The third-order valence-corrected chi connectivity index (χ3v) is 2.68. The highest BCUT2D eigenvalue weighted by Gasteiger charge is 2.10. The number of amides is 1. The van der Waals surface area contributed by atoms with Gasteiger partial charge >= 0.3 is 6.09 Å². The fraction of sp³-hybridized carbons (Fsp3) is 0.444. The summed E-state index contributed by atoms with van der Waals surface area (Å²) in [7, 11) is 0. The summed E-state index contributed by atoms with van der Waals surface area (Å²) in [5, 5.41) is 13.0. The van der Waals surface area contributed by atoms with E-state index in [0.717, 1.165) is 4.88 Å². The molecule has 1 heterocycles.